The van der Waals surface area contributed by atoms with E-state index < -0.39 is 0 Å². The van der Waals surface area contributed by atoms with Gasteiger partial charge < -0.3 is 5.32 Å². The zero-order valence-electron chi connectivity index (χ0n) is 10.8. The van der Waals surface area contributed by atoms with E-state index in [2.05, 4.69) is 35.1 Å². The third-order valence-electron chi connectivity index (χ3n) is 2.68. The summed E-state index contributed by atoms with van der Waals surface area (Å²) >= 11 is 3.32. The molecule has 0 saturated heterocycles. The van der Waals surface area contributed by atoms with Crippen molar-refractivity contribution in [3.8, 4) is 0 Å². The van der Waals surface area contributed by atoms with Gasteiger partial charge in [0, 0.05) is 17.1 Å². The predicted molar refractivity (Wildman–Crippen MR) is 78.0 cm³/mol. The van der Waals surface area contributed by atoms with Gasteiger partial charge in [-0.2, -0.15) is 0 Å². The van der Waals surface area contributed by atoms with Crippen LogP contribution in [0.5, 0.6) is 0 Å². The van der Waals surface area contributed by atoms with Gasteiger partial charge in [-0.25, -0.2) is 0 Å². The van der Waals surface area contributed by atoms with Crippen molar-refractivity contribution in [2.24, 2.45) is 5.92 Å². The highest BCUT2D eigenvalue weighted by Gasteiger charge is 2.12. The number of halogens is 1. The van der Waals surface area contributed by atoms with Gasteiger partial charge in [0.05, 0.1) is 4.92 Å². The van der Waals surface area contributed by atoms with Gasteiger partial charge in [-0.3, -0.25) is 10.1 Å². The second kappa shape index (κ2) is 7.36. The number of benzene rings is 1. The van der Waals surface area contributed by atoms with Crippen molar-refractivity contribution in [2.45, 2.75) is 33.1 Å². The van der Waals surface area contributed by atoms with E-state index in [-0.39, 0.29) is 10.6 Å². The van der Waals surface area contributed by atoms with E-state index in [0.717, 1.165) is 23.9 Å². The summed E-state index contributed by atoms with van der Waals surface area (Å²) < 4.78 is 0.845. The Morgan fingerprint density at radius 1 is 1.39 bits per heavy atom. The summed E-state index contributed by atoms with van der Waals surface area (Å²) in [7, 11) is 0. The molecule has 0 aromatic heterocycles. The molecule has 0 fully saturated rings. The van der Waals surface area contributed by atoms with Crippen LogP contribution in [0.25, 0.3) is 0 Å². The van der Waals surface area contributed by atoms with Crippen molar-refractivity contribution in [1.29, 1.82) is 0 Å². The lowest BCUT2D eigenvalue weighted by Gasteiger charge is -2.08. The van der Waals surface area contributed by atoms with Gasteiger partial charge >= 0.3 is 0 Å². The fraction of sp³-hybridized carbons (Fsp3) is 0.538. The monoisotopic (exact) mass is 314 g/mol. The molecular weight excluding hydrogens is 296 g/mol. The lowest BCUT2D eigenvalue weighted by molar-refractivity contribution is -0.384. The first-order valence-corrected chi connectivity index (χ1v) is 6.98. The highest BCUT2D eigenvalue weighted by molar-refractivity contribution is 9.10. The summed E-state index contributed by atoms with van der Waals surface area (Å²) in [5, 5.41) is 14.0. The largest absolute Gasteiger partial charge is 0.379 e. The van der Waals surface area contributed by atoms with Gasteiger partial charge in [0.1, 0.15) is 5.69 Å². The molecule has 0 unspecified atom stereocenters. The Labute approximate surface area is 116 Å². The number of nitro groups is 1. The normalized spacial score (nSPS) is 10.7. The molecule has 0 saturated carbocycles. The molecule has 5 heteroatoms. The Morgan fingerprint density at radius 2 is 2.11 bits per heavy atom. The second-order valence-corrected chi connectivity index (χ2v) is 5.65. The number of rotatable bonds is 7. The number of hydrogen-bond acceptors (Lipinski definition) is 3. The van der Waals surface area contributed by atoms with Gasteiger partial charge in [-0.1, -0.05) is 42.6 Å². The lowest BCUT2D eigenvalue weighted by Crippen LogP contribution is -2.04. The maximum Gasteiger partial charge on any atom is 0.292 e. The molecule has 0 aliphatic heterocycles. The fourth-order valence-corrected chi connectivity index (χ4v) is 2.07. The molecule has 1 rings (SSSR count). The summed E-state index contributed by atoms with van der Waals surface area (Å²) in [6.45, 7) is 5.17. The van der Waals surface area contributed by atoms with Crippen LogP contribution in [0.1, 0.15) is 33.1 Å². The van der Waals surface area contributed by atoms with E-state index in [9.17, 15) is 10.1 Å². The van der Waals surface area contributed by atoms with Crippen LogP contribution in [0.15, 0.2) is 22.7 Å². The standard InChI is InChI=1S/C13H19BrN2O2/c1-10(2)5-3-4-8-15-12-9-11(14)6-7-13(12)16(17)18/h6-7,9-10,15H,3-5,8H2,1-2H3. The van der Waals surface area contributed by atoms with Crippen molar-refractivity contribution in [3.05, 3.63) is 32.8 Å². The SMILES string of the molecule is CC(C)CCCCNc1cc(Br)ccc1[N+](=O)[O-]. The Bertz CT molecular complexity index is 408. The van der Waals surface area contributed by atoms with Crippen LogP contribution in [0.3, 0.4) is 0 Å². The zero-order chi connectivity index (χ0) is 13.5. The second-order valence-electron chi connectivity index (χ2n) is 4.73. The fourth-order valence-electron chi connectivity index (χ4n) is 1.71. The van der Waals surface area contributed by atoms with Crippen LogP contribution in [0.2, 0.25) is 0 Å². The predicted octanol–water partition coefficient (Wildman–Crippen LogP) is 4.60. The zero-order valence-corrected chi connectivity index (χ0v) is 12.4. The highest BCUT2D eigenvalue weighted by Crippen LogP contribution is 2.27. The number of anilines is 1. The van der Waals surface area contributed by atoms with Crippen LogP contribution in [0.4, 0.5) is 11.4 Å². The van der Waals surface area contributed by atoms with E-state index in [1.54, 1.807) is 12.1 Å². The molecule has 1 aromatic rings. The number of nitro benzene ring substituents is 1. The summed E-state index contributed by atoms with van der Waals surface area (Å²) in [4.78, 5) is 10.5. The molecule has 0 heterocycles. The Kier molecular flexibility index (Phi) is 6.12. The number of nitrogens with one attached hydrogen (secondary N) is 1. The van der Waals surface area contributed by atoms with Crippen molar-refractivity contribution >= 4 is 27.3 Å². The molecule has 4 nitrogen and oxygen atoms in total. The summed E-state index contributed by atoms with van der Waals surface area (Å²) in [6, 6.07) is 4.95. The topological polar surface area (TPSA) is 55.2 Å². The molecule has 0 radical (unpaired) electrons. The van der Waals surface area contributed by atoms with E-state index >= 15 is 0 Å². The molecule has 0 amide bonds. The maximum atomic E-state index is 10.9. The molecule has 0 spiro atoms. The van der Waals surface area contributed by atoms with Crippen molar-refractivity contribution in [2.75, 3.05) is 11.9 Å². The summed E-state index contributed by atoms with van der Waals surface area (Å²) in [5.41, 5.74) is 0.709. The molecule has 1 aromatic carbocycles. The van der Waals surface area contributed by atoms with Crippen LogP contribution in [0, 0.1) is 16.0 Å². The van der Waals surface area contributed by atoms with E-state index in [0.29, 0.717) is 11.6 Å². The van der Waals surface area contributed by atoms with Gasteiger partial charge in [-0.05, 0) is 24.5 Å². The first-order chi connectivity index (χ1) is 8.50. The molecule has 0 bridgehead atoms. The van der Waals surface area contributed by atoms with Gasteiger partial charge in [0.2, 0.25) is 0 Å². The number of nitrogens with zero attached hydrogens (tertiary/aromatic N) is 1. The number of unbranched alkanes of at least 4 members (excludes halogenated alkanes) is 1. The average Bonchev–Trinajstić information content (AvgIpc) is 2.27. The summed E-state index contributed by atoms with van der Waals surface area (Å²) in [6.07, 6.45) is 3.37. The first kappa shape index (κ1) is 15.0. The number of hydrogen-bond donors (Lipinski definition) is 1. The van der Waals surface area contributed by atoms with E-state index in [1.165, 1.54) is 12.5 Å². The van der Waals surface area contributed by atoms with Crippen molar-refractivity contribution in [3.63, 3.8) is 0 Å². The third kappa shape index (κ3) is 5.04. The van der Waals surface area contributed by atoms with Gasteiger partial charge in [-0.15, -0.1) is 0 Å². The van der Waals surface area contributed by atoms with Gasteiger partial charge in [0.15, 0.2) is 0 Å². The molecule has 100 valence electrons. The van der Waals surface area contributed by atoms with Crippen molar-refractivity contribution in [1.82, 2.24) is 0 Å². The molecular formula is C13H19BrN2O2. The molecule has 1 N–H and O–H groups in total. The first-order valence-electron chi connectivity index (χ1n) is 6.18. The average molecular weight is 315 g/mol. The van der Waals surface area contributed by atoms with Gasteiger partial charge in [0.25, 0.3) is 5.69 Å². The minimum atomic E-state index is -0.358. The highest BCUT2D eigenvalue weighted by atomic mass is 79.9. The minimum Gasteiger partial charge on any atom is -0.379 e. The van der Waals surface area contributed by atoms with E-state index in [4.69, 9.17) is 0 Å². The lowest BCUT2D eigenvalue weighted by atomic mass is 10.1. The summed E-state index contributed by atoms with van der Waals surface area (Å²) in [5.74, 6) is 0.713. The van der Waals surface area contributed by atoms with E-state index in [1.807, 2.05) is 0 Å². The third-order valence-corrected chi connectivity index (χ3v) is 3.17. The van der Waals surface area contributed by atoms with Crippen molar-refractivity contribution < 1.29 is 4.92 Å². The quantitative estimate of drug-likeness (QED) is 0.454. The van der Waals surface area contributed by atoms with Crippen LogP contribution in [-0.2, 0) is 0 Å². The smallest absolute Gasteiger partial charge is 0.292 e. The maximum absolute atomic E-state index is 10.9. The Morgan fingerprint density at radius 3 is 2.72 bits per heavy atom. The minimum absolute atomic E-state index is 0.127. The van der Waals surface area contributed by atoms with Crippen LogP contribution < -0.4 is 5.32 Å². The molecule has 18 heavy (non-hydrogen) atoms. The Hall–Kier alpha value is -1.10. The molecule has 0 aliphatic rings. The Balaban J connectivity index is 2.50. The molecule has 0 aliphatic carbocycles. The van der Waals surface area contributed by atoms with Crippen LogP contribution in [-0.4, -0.2) is 11.5 Å². The van der Waals surface area contributed by atoms with Crippen LogP contribution >= 0.6 is 15.9 Å². The molecule has 0 atom stereocenters.